The highest BCUT2D eigenvalue weighted by Gasteiger charge is 2.39. The van der Waals surface area contributed by atoms with Crippen molar-refractivity contribution in [3.8, 4) is 5.75 Å². The molecule has 4 rings (SSSR count). The molecule has 2 aliphatic rings. The second-order valence-corrected chi connectivity index (χ2v) is 9.90. The van der Waals surface area contributed by atoms with Crippen LogP contribution in [-0.4, -0.2) is 48.8 Å². The summed E-state index contributed by atoms with van der Waals surface area (Å²) in [6, 6.07) is 12.9. The van der Waals surface area contributed by atoms with Crippen molar-refractivity contribution < 1.29 is 19.1 Å². The summed E-state index contributed by atoms with van der Waals surface area (Å²) in [6.07, 6.45) is 1.86. The molecule has 0 bridgehead atoms. The molecule has 0 spiro atoms. The van der Waals surface area contributed by atoms with Crippen molar-refractivity contribution in [1.82, 2.24) is 4.90 Å². The van der Waals surface area contributed by atoms with Gasteiger partial charge in [-0.15, -0.1) is 0 Å². The Labute approximate surface area is 214 Å². The minimum atomic E-state index is -0.358. The first-order valence-corrected chi connectivity index (χ1v) is 13.4. The Kier molecular flexibility index (Phi) is 8.07. The summed E-state index contributed by atoms with van der Waals surface area (Å²) in [5.41, 5.74) is 2.21. The number of amidine groups is 1. The predicted octanol–water partition coefficient (Wildman–Crippen LogP) is 6.04. The number of ether oxygens (including phenoxy) is 2. The Balaban J connectivity index is 1.68. The van der Waals surface area contributed by atoms with E-state index in [2.05, 4.69) is 18.7 Å². The van der Waals surface area contributed by atoms with Gasteiger partial charge < -0.3 is 14.4 Å². The lowest BCUT2D eigenvalue weighted by Gasteiger charge is -2.19. The van der Waals surface area contributed by atoms with E-state index in [0.717, 1.165) is 40.7 Å². The molecule has 1 saturated heterocycles. The van der Waals surface area contributed by atoms with Gasteiger partial charge in [0.05, 0.1) is 30.7 Å². The van der Waals surface area contributed by atoms with Gasteiger partial charge in [-0.1, -0.05) is 25.1 Å². The number of unbranched alkanes of at least 4 members (excludes halogenated alkanes) is 1. The minimum absolute atomic E-state index is 0.0222. The summed E-state index contributed by atoms with van der Waals surface area (Å²) in [7, 11) is 1.66. The average molecular weight is 512 g/mol. The van der Waals surface area contributed by atoms with Gasteiger partial charge in [0.15, 0.2) is 5.17 Å². The second kappa shape index (κ2) is 11.2. The topological polar surface area (TPSA) is 71.4 Å². The molecule has 35 heavy (non-hydrogen) atoms. The van der Waals surface area contributed by atoms with Gasteiger partial charge in [-0.2, -0.15) is 0 Å². The zero-order valence-electron chi connectivity index (χ0n) is 20.4. The minimum Gasteiger partial charge on any atom is -0.497 e. The number of carbonyl (C=O) groups excluding carboxylic acids is 2. The summed E-state index contributed by atoms with van der Waals surface area (Å²) in [5, 5.41) is 1.58. The number of anilines is 1. The van der Waals surface area contributed by atoms with E-state index in [0.29, 0.717) is 34.5 Å². The molecule has 0 unspecified atom stereocenters. The first-order valence-electron chi connectivity index (χ1n) is 11.7. The molecule has 0 aromatic heterocycles. The van der Waals surface area contributed by atoms with Crippen molar-refractivity contribution in [3.63, 3.8) is 0 Å². The molecule has 2 aromatic rings. The SMILES string of the molecule is CCCCN1C(=O)/C(=C2/Sc3ccc(OC)cc3N2CC)SC1=Nc1ccc(C(=O)OCC)cc1. The zero-order chi connectivity index (χ0) is 24.9. The standard InChI is InChI=1S/C26H29N3O4S2/c1-5-8-15-29-23(30)22(24-28(6-2)20-16-19(32-4)13-14-21(20)34-24)35-26(29)27-18-11-9-17(10-12-18)25(31)33-7-3/h9-14,16H,5-8,15H2,1-4H3/b24-22-,27-26?. The number of hydrogen-bond donors (Lipinski definition) is 0. The lowest BCUT2D eigenvalue weighted by atomic mass is 10.2. The van der Waals surface area contributed by atoms with Crippen molar-refractivity contribution in [2.45, 2.75) is 38.5 Å². The maximum atomic E-state index is 13.6. The van der Waals surface area contributed by atoms with E-state index in [4.69, 9.17) is 14.5 Å². The van der Waals surface area contributed by atoms with Crippen LogP contribution in [0.5, 0.6) is 5.75 Å². The number of carbonyl (C=O) groups is 2. The molecule has 0 atom stereocenters. The number of esters is 1. The fraction of sp³-hybridized carbons (Fsp3) is 0.346. The van der Waals surface area contributed by atoms with Crippen LogP contribution in [0.25, 0.3) is 0 Å². The first-order chi connectivity index (χ1) is 17.0. The van der Waals surface area contributed by atoms with Gasteiger partial charge in [-0.3, -0.25) is 9.69 Å². The third kappa shape index (κ3) is 5.21. The highest BCUT2D eigenvalue weighted by Crippen LogP contribution is 2.51. The summed E-state index contributed by atoms with van der Waals surface area (Å²) in [4.78, 5) is 36.1. The van der Waals surface area contributed by atoms with E-state index in [1.165, 1.54) is 11.8 Å². The number of methoxy groups -OCH3 is 1. The van der Waals surface area contributed by atoms with Crippen LogP contribution >= 0.6 is 23.5 Å². The van der Waals surface area contributed by atoms with Crippen LogP contribution < -0.4 is 9.64 Å². The van der Waals surface area contributed by atoms with Gasteiger partial charge in [-0.05, 0) is 68.4 Å². The smallest absolute Gasteiger partial charge is 0.338 e. The third-order valence-electron chi connectivity index (χ3n) is 5.62. The maximum Gasteiger partial charge on any atom is 0.338 e. The molecule has 184 valence electrons. The Bertz CT molecular complexity index is 1180. The number of amides is 1. The van der Waals surface area contributed by atoms with Crippen molar-refractivity contribution in [1.29, 1.82) is 0 Å². The maximum absolute atomic E-state index is 13.6. The number of rotatable bonds is 8. The molecule has 1 fully saturated rings. The third-order valence-corrected chi connectivity index (χ3v) is 8.00. The number of hydrogen-bond acceptors (Lipinski definition) is 8. The largest absolute Gasteiger partial charge is 0.497 e. The van der Waals surface area contributed by atoms with Crippen LogP contribution in [-0.2, 0) is 9.53 Å². The van der Waals surface area contributed by atoms with Gasteiger partial charge in [0.25, 0.3) is 5.91 Å². The molecule has 0 saturated carbocycles. The fourth-order valence-corrected chi connectivity index (χ4v) is 6.20. The van der Waals surface area contributed by atoms with Crippen LogP contribution in [0, 0.1) is 0 Å². The van der Waals surface area contributed by atoms with Crippen molar-refractivity contribution >= 4 is 51.9 Å². The highest BCUT2D eigenvalue weighted by atomic mass is 32.2. The molecule has 2 heterocycles. The van der Waals surface area contributed by atoms with Crippen LogP contribution in [0.1, 0.15) is 44.0 Å². The fourth-order valence-electron chi connectivity index (χ4n) is 3.80. The zero-order valence-corrected chi connectivity index (χ0v) is 22.0. The quantitative estimate of drug-likeness (QED) is 0.316. The Hall–Kier alpha value is -2.91. The lowest BCUT2D eigenvalue weighted by molar-refractivity contribution is -0.122. The molecule has 2 aromatic carbocycles. The van der Waals surface area contributed by atoms with Crippen LogP contribution in [0.4, 0.5) is 11.4 Å². The summed E-state index contributed by atoms with van der Waals surface area (Å²) < 4.78 is 10.5. The Morgan fingerprint density at radius 3 is 2.46 bits per heavy atom. The Morgan fingerprint density at radius 1 is 1.03 bits per heavy atom. The van der Waals surface area contributed by atoms with E-state index in [9.17, 15) is 9.59 Å². The van der Waals surface area contributed by atoms with E-state index in [1.54, 1.807) is 55.0 Å². The highest BCUT2D eigenvalue weighted by molar-refractivity contribution is 8.19. The van der Waals surface area contributed by atoms with Gasteiger partial charge in [-0.25, -0.2) is 9.79 Å². The molecule has 0 radical (unpaired) electrons. The summed E-state index contributed by atoms with van der Waals surface area (Å²) in [6.45, 7) is 7.63. The van der Waals surface area contributed by atoms with Crippen molar-refractivity contribution in [3.05, 3.63) is 58.0 Å². The van der Waals surface area contributed by atoms with Crippen LogP contribution in [0.15, 0.2) is 62.3 Å². The van der Waals surface area contributed by atoms with E-state index in [1.807, 2.05) is 18.2 Å². The molecule has 1 amide bonds. The predicted molar refractivity (Wildman–Crippen MR) is 143 cm³/mol. The van der Waals surface area contributed by atoms with Gasteiger partial charge in [0, 0.05) is 24.1 Å². The first kappa shape index (κ1) is 25.2. The second-order valence-electron chi connectivity index (χ2n) is 7.89. The van der Waals surface area contributed by atoms with Crippen molar-refractivity contribution in [2.24, 2.45) is 4.99 Å². The summed E-state index contributed by atoms with van der Waals surface area (Å²) >= 11 is 3.02. The molecule has 7 nitrogen and oxygen atoms in total. The molecular weight excluding hydrogens is 482 g/mol. The van der Waals surface area contributed by atoms with Crippen LogP contribution in [0.2, 0.25) is 0 Å². The molecule has 0 aliphatic carbocycles. The molecular formula is C26H29N3O4S2. The van der Waals surface area contributed by atoms with E-state index < -0.39 is 0 Å². The van der Waals surface area contributed by atoms with Gasteiger partial charge >= 0.3 is 5.97 Å². The van der Waals surface area contributed by atoms with E-state index in [-0.39, 0.29) is 11.9 Å². The van der Waals surface area contributed by atoms with Crippen molar-refractivity contribution in [2.75, 3.05) is 31.7 Å². The number of thioether (sulfide) groups is 2. The number of nitrogens with zero attached hydrogens (tertiary/aromatic N) is 3. The molecule has 9 heteroatoms. The van der Waals surface area contributed by atoms with Crippen LogP contribution in [0.3, 0.4) is 0 Å². The molecule has 2 aliphatic heterocycles. The number of fused-ring (bicyclic) bond motifs is 1. The normalized spacial score (nSPS) is 18.4. The summed E-state index contributed by atoms with van der Waals surface area (Å²) in [5.74, 6) is 0.409. The lowest BCUT2D eigenvalue weighted by Crippen LogP contribution is -2.30. The number of benzene rings is 2. The van der Waals surface area contributed by atoms with Gasteiger partial charge in [0.2, 0.25) is 0 Å². The van der Waals surface area contributed by atoms with Gasteiger partial charge in [0.1, 0.15) is 15.7 Å². The van der Waals surface area contributed by atoms with E-state index >= 15 is 0 Å². The monoisotopic (exact) mass is 511 g/mol. The molecule has 0 N–H and O–H groups in total. The Morgan fingerprint density at radius 2 is 1.80 bits per heavy atom. The average Bonchev–Trinajstić information content (AvgIpc) is 3.39. The number of aliphatic imine (C=N–C) groups is 1.